The summed E-state index contributed by atoms with van der Waals surface area (Å²) in [6.45, 7) is -0.512. The van der Waals surface area contributed by atoms with E-state index >= 15 is 8.78 Å². The summed E-state index contributed by atoms with van der Waals surface area (Å²) in [6.07, 6.45) is 5.23. The highest BCUT2D eigenvalue weighted by Crippen LogP contribution is 2.50. The second-order valence-electron chi connectivity index (χ2n) is 16.6. The van der Waals surface area contributed by atoms with Crippen molar-refractivity contribution in [3.63, 3.8) is 0 Å². The lowest BCUT2D eigenvalue weighted by atomic mass is 9.66. The number of sulfonamides is 1. The molecular formula is C38H48F2N6O8S. The molecule has 3 aliphatic carbocycles. The molecule has 4 bridgehead atoms. The molecule has 1 aromatic heterocycles. The van der Waals surface area contributed by atoms with Gasteiger partial charge in [-0.1, -0.05) is 50.7 Å². The van der Waals surface area contributed by atoms with Crippen LogP contribution in [-0.2, 0) is 35.1 Å². The molecule has 6 aliphatic rings. The Bertz CT molecular complexity index is 1980. The van der Waals surface area contributed by atoms with Crippen LogP contribution in [0.15, 0.2) is 24.3 Å². The van der Waals surface area contributed by atoms with Crippen LogP contribution in [0.5, 0.6) is 5.88 Å². The predicted octanol–water partition coefficient (Wildman–Crippen LogP) is 4.21. The molecule has 2 saturated heterocycles. The van der Waals surface area contributed by atoms with Gasteiger partial charge in [0.15, 0.2) is 5.69 Å². The van der Waals surface area contributed by atoms with E-state index in [9.17, 15) is 27.6 Å². The Morgan fingerprint density at radius 3 is 2.31 bits per heavy atom. The van der Waals surface area contributed by atoms with E-state index in [1.807, 2.05) is 0 Å². The molecule has 4 amide bonds. The molecule has 1 aromatic carbocycles. The fourth-order valence-electron chi connectivity index (χ4n) is 8.77. The lowest BCUT2D eigenvalue weighted by Crippen LogP contribution is -2.55. The first kappa shape index (κ1) is 37.8. The highest BCUT2D eigenvalue weighted by Gasteiger charge is 2.62. The minimum atomic E-state index is -3.92. The summed E-state index contributed by atoms with van der Waals surface area (Å²) in [4.78, 5) is 65.9. The van der Waals surface area contributed by atoms with Crippen molar-refractivity contribution in [1.82, 2.24) is 30.2 Å². The number of fused-ring (bicyclic) bond motifs is 7. The van der Waals surface area contributed by atoms with Gasteiger partial charge in [0, 0.05) is 18.4 Å². The predicted molar refractivity (Wildman–Crippen MR) is 193 cm³/mol. The van der Waals surface area contributed by atoms with Gasteiger partial charge in [0.2, 0.25) is 27.7 Å². The van der Waals surface area contributed by atoms with Gasteiger partial charge in [-0.05, 0) is 69.4 Å². The number of amides is 4. The third-order valence-electron chi connectivity index (χ3n) is 12.6. The van der Waals surface area contributed by atoms with Crippen molar-refractivity contribution in [1.29, 1.82) is 0 Å². The Labute approximate surface area is 318 Å². The van der Waals surface area contributed by atoms with E-state index in [-0.39, 0.29) is 44.0 Å². The van der Waals surface area contributed by atoms with E-state index in [0.29, 0.717) is 50.5 Å². The molecular weight excluding hydrogens is 739 g/mol. The monoisotopic (exact) mass is 786 g/mol. The van der Waals surface area contributed by atoms with Crippen LogP contribution in [0.1, 0.15) is 102 Å². The van der Waals surface area contributed by atoms with Crippen molar-refractivity contribution in [2.45, 2.75) is 125 Å². The van der Waals surface area contributed by atoms with Crippen LogP contribution < -0.4 is 20.1 Å². The van der Waals surface area contributed by atoms with Gasteiger partial charge >= 0.3 is 6.09 Å². The number of hydrogen-bond donors (Lipinski definition) is 3. The summed E-state index contributed by atoms with van der Waals surface area (Å²) >= 11 is 0. The molecule has 55 heavy (non-hydrogen) atoms. The Hall–Kier alpha value is -4.15. The Morgan fingerprint density at radius 1 is 0.891 bits per heavy atom. The quantitative estimate of drug-likeness (QED) is 0.407. The summed E-state index contributed by atoms with van der Waals surface area (Å²) in [7, 11) is -3.92. The fourth-order valence-corrected chi connectivity index (χ4v) is 10.1. The van der Waals surface area contributed by atoms with Crippen LogP contribution in [-0.4, -0.2) is 89.7 Å². The van der Waals surface area contributed by atoms with Gasteiger partial charge in [-0.15, -0.1) is 0 Å². The maximum Gasteiger partial charge on any atom is 0.407 e. The molecule has 298 valence electrons. The zero-order valence-electron chi connectivity index (χ0n) is 30.7. The number of cyclic esters (lactones) is 1. The van der Waals surface area contributed by atoms with Crippen LogP contribution in [0.2, 0.25) is 0 Å². The highest BCUT2D eigenvalue weighted by atomic mass is 32.2. The van der Waals surface area contributed by atoms with Crippen LogP contribution in [0.25, 0.3) is 11.0 Å². The number of carbonyl (C=O) groups is 4. The molecule has 5 fully saturated rings. The molecule has 1 spiro atoms. The maximum atomic E-state index is 16.4. The first-order valence-corrected chi connectivity index (χ1v) is 21.2. The summed E-state index contributed by atoms with van der Waals surface area (Å²) in [5.74, 6) is -7.47. The third kappa shape index (κ3) is 7.69. The first-order chi connectivity index (χ1) is 26.3. The standard InChI is InChI=1S/C38H48F2N6O8S/c39-38(40)18-17-36(15-8-16-36)22-53-35(50)43-28-12-5-3-1-2-4-9-23-19-37(23,34(49)45-55(51,52)24-13-14-24)44-31(47)25-20-46(33(28)48)21-29(25)54-32-30(38)41-26-10-6-7-11-27(26)42-32/h6-7,10-11,23-25,28-29H,1-5,8-9,12-22H2,(H,43,50)(H,44,47)(H,45,49)/t23-,25?,28+,29+,37-/m1/s1. The molecule has 4 heterocycles. The zero-order chi connectivity index (χ0) is 38.6. The maximum absolute atomic E-state index is 16.4. The minimum Gasteiger partial charge on any atom is -0.470 e. The Kier molecular flexibility index (Phi) is 9.89. The van der Waals surface area contributed by atoms with E-state index in [1.165, 1.54) is 4.90 Å². The van der Waals surface area contributed by atoms with Crippen LogP contribution >= 0.6 is 0 Å². The van der Waals surface area contributed by atoms with Crippen molar-refractivity contribution in [2.24, 2.45) is 17.3 Å². The number of alkyl halides is 2. The van der Waals surface area contributed by atoms with Crippen molar-refractivity contribution >= 4 is 44.9 Å². The fraction of sp³-hybridized carbons (Fsp3) is 0.684. The minimum absolute atomic E-state index is 0.0353. The Morgan fingerprint density at radius 2 is 1.60 bits per heavy atom. The Balaban J connectivity index is 1.17. The number of alkyl carbamates (subject to hydrolysis) is 1. The average molecular weight is 787 g/mol. The van der Waals surface area contributed by atoms with Crippen LogP contribution in [0.3, 0.4) is 0 Å². The van der Waals surface area contributed by atoms with Crippen molar-refractivity contribution < 1.29 is 45.9 Å². The van der Waals surface area contributed by atoms with Crippen LogP contribution in [0, 0.1) is 17.3 Å². The summed E-state index contributed by atoms with van der Waals surface area (Å²) in [6, 6.07) is 5.56. The van der Waals surface area contributed by atoms with E-state index in [2.05, 4.69) is 25.3 Å². The van der Waals surface area contributed by atoms with E-state index < -0.39 is 92.0 Å². The SMILES string of the molecule is O=C1N[C@H]2CCCCCCC[C@@H]3C[C@@]3(C(=O)NS(=O)(=O)C3CC3)NC(=O)C3CN(C[C@@H]3Oc3nc4ccccc4nc3C(F)(F)CCC3(CCC3)CO1)C2=O. The lowest BCUT2D eigenvalue weighted by molar-refractivity contribution is -0.134. The van der Waals surface area contributed by atoms with Gasteiger partial charge in [-0.2, -0.15) is 8.78 Å². The van der Waals surface area contributed by atoms with Crippen LogP contribution in [0.4, 0.5) is 13.6 Å². The van der Waals surface area contributed by atoms with Gasteiger partial charge in [-0.25, -0.2) is 23.2 Å². The van der Waals surface area contributed by atoms with Crippen molar-refractivity contribution in [3.8, 4) is 5.88 Å². The molecule has 17 heteroatoms. The van der Waals surface area contributed by atoms with E-state index in [4.69, 9.17) is 9.47 Å². The highest BCUT2D eigenvalue weighted by molar-refractivity contribution is 7.91. The number of hydrogen-bond acceptors (Lipinski definition) is 10. The summed E-state index contributed by atoms with van der Waals surface area (Å²) < 4.78 is 72.8. The second-order valence-corrected chi connectivity index (χ2v) is 18.5. The molecule has 1 unspecified atom stereocenters. The number of para-hydroxylation sites is 2. The number of benzene rings is 1. The number of nitrogens with zero attached hydrogens (tertiary/aromatic N) is 3. The second kappa shape index (κ2) is 14.4. The van der Waals surface area contributed by atoms with Crippen molar-refractivity contribution in [3.05, 3.63) is 30.0 Å². The number of halogens is 2. The normalized spacial score (nSPS) is 31.3. The number of carbonyl (C=O) groups excluding carboxylic acids is 4. The largest absolute Gasteiger partial charge is 0.470 e. The third-order valence-corrected chi connectivity index (χ3v) is 14.5. The first-order valence-electron chi connectivity index (χ1n) is 19.7. The van der Waals surface area contributed by atoms with Gasteiger partial charge in [0.1, 0.15) is 17.7 Å². The number of aromatic nitrogens is 2. The molecule has 3 aliphatic heterocycles. The topological polar surface area (TPSA) is 186 Å². The smallest absolute Gasteiger partial charge is 0.407 e. The van der Waals surface area contributed by atoms with E-state index in [1.54, 1.807) is 24.3 Å². The number of rotatable bonds is 3. The molecule has 2 aromatic rings. The summed E-state index contributed by atoms with van der Waals surface area (Å²) in [5.41, 5.74) is -2.33. The number of nitrogens with one attached hydrogen (secondary N) is 3. The molecule has 0 radical (unpaired) electrons. The molecule has 5 atom stereocenters. The van der Waals surface area contributed by atoms with Gasteiger partial charge in [0.25, 0.3) is 11.8 Å². The molecule has 8 rings (SSSR count). The van der Waals surface area contributed by atoms with Crippen molar-refractivity contribution in [2.75, 3.05) is 19.7 Å². The number of ether oxygens (including phenoxy) is 2. The summed E-state index contributed by atoms with van der Waals surface area (Å²) in [5, 5.41) is 4.94. The average Bonchev–Trinajstić information content (AvgIpc) is 4.06. The zero-order valence-corrected chi connectivity index (χ0v) is 31.5. The van der Waals surface area contributed by atoms with Gasteiger partial charge < -0.3 is 25.0 Å². The van der Waals surface area contributed by atoms with Gasteiger partial charge in [0.05, 0.1) is 35.4 Å². The molecule has 3 N–H and O–H groups in total. The van der Waals surface area contributed by atoms with E-state index in [0.717, 1.165) is 32.1 Å². The lowest BCUT2D eigenvalue weighted by Gasteiger charge is -2.42. The van der Waals surface area contributed by atoms with Gasteiger partial charge in [-0.3, -0.25) is 19.1 Å². The molecule has 14 nitrogen and oxygen atoms in total. The molecule has 3 saturated carbocycles.